The van der Waals surface area contributed by atoms with Crippen LogP contribution in [0.5, 0.6) is 0 Å². The van der Waals surface area contributed by atoms with E-state index in [0.29, 0.717) is 0 Å². The smallest absolute Gasteiger partial charge is 0.135 e. The van der Waals surface area contributed by atoms with Gasteiger partial charge in [0.2, 0.25) is 0 Å². The molecule has 2 heterocycles. The van der Waals surface area contributed by atoms with Crippen molar-refractivity contribution in [3.8, 4) is 0 Å². The second-order valence-electron chi connectivity index (χ2n) is 3.28. The van der Waals surface area contributed by atoms with Crippen LogP contribution in [0.4, 0.5) is 11.6 Å². The summed E-state index contributed by atoms with van der Waals surface area (Å²) in [5, 5.41) is 3.12. The number of nitrogens with one attached hydrogen (secondary N) is 1. The highest BCUT2D eigenvalue weighted by atomic mass is 15.1. The molecule has 0 aliphatic heterocycles. The minimum Gasteiger partial charge on any atom is -0.325 e. The van der Waals surface area contributed by atoms with Crippen molar-refractivity contribution in [2.45, 2.75) is 13.8 Å². The van der Waals surface area contributed by atoms with Gasteiger partial charge in [-0.2, -0.15) is 0 Å². The van der Waals surface area contributed by atoms with E-state index < -0.39 is 0 Å². The predicted octanol–water partition coefficient (Wildman–Crippen LogP) is 2.23. The predicted molar refractivity (Wildman–Crippen MR) is 59.0 cm³/mol. The Bertz CT molecular complexity index is 433. The molecule has 0 atom stereocenters. The van der Waals surface area contributed by atoms with E-state index in [0.717, 1.165) is 23.2 Å². The summed E-state index contributed by atoms with van der Waals surface area (Å²) in [7, 11) is 0. The van der Waals surface area contributed by atoms with Crippen LogP contribution >= 0.6 is 0 Å². The third kappa shape index (κ3) is 2.49. The Morgan fingerprint density at radius 3 is 2.60 bits per heavy atom. The molecule has 4 heteroatoms. The second kappa shape index (κ2) is 4.04. The molecule has 0 aromatic carbocycles. The zero-order valence-corrected chi connectivity index (χ0v) is 8.73. The first-order chi connectivity index (χ1) is 7.24. The van der Waals surface area contributed by atoms with Gasteiger partial charge < -0.3 is 5.32 Å². The van der Waals surface area contributed by atoms with E-state index in [4.69, 9.17) is 0 Å². The Hall–Kier alpha value is -1.97. The number of hydrogen-bond donors (Lipinski definition) is 1. The van der Waals surface area contributed by atoms with Gasteiger partial charge in [0.05, 0.1) is 0 Å². The lowest BCUT2D eigenvalue weighted by Crippen LogP contribution is -1.99. The number of aryl methyl sites for hydroxylation is 2. The molecule has 0 aliphatic carbocycles. The van der Waals surface area contributed by atoms with E-state index in [1.165, 1.54) is 0 Å². The Morgan fingerprint density at radius 2 is 1.93 bits per heavy atom. The van der Waals surface area contributed by atoms with E-state index >= 15 is 0 Å². The van der Waals surface area contributed by atoms with Crippen molar-refractivity contribution in [2.75, 3.05) is 5.32 Å². The molecule has 4 nitrogen and oxygen atoms in total. The summed E-state index contributed by atoms with van der Waals surface area (Å²) in [6.07, 6.45) is 1.74. The van der Waals surface area contributed by atoms with Gasteiger partial charge >= 0.3 is 0 Å². The van der Waals surface area contributed by atoms with Crippen LogP contribution in [0.25, 0.3) is 0 Å². The maximum Gasteiger partial charge on any atom is 0.135 e. The maximum atomic E-state index is 4.27. The molecule has 2 rings (SSSR count). The lowest BCUT2D eigenvalue weighted by Gasteiger charge is -2.05. The van der Waals surface area contributed by atoms with Gasteiger partial charge in [-0.1, -0.05) is 6.07 Å². The fourth-order valence-corrected chi connectivity index (χ4v) is 1.35. The minimum absolute atomic E-state index is 0.758. The molecule has 1 N–H and O–H groups in total. The van der Waals surface area contributed by atoms with E-state index in [2.05, 4.69) is 20.3 Å². The van der Waals surface area contributed by atoms with Crippen molar-refractivity contribution in [3.05, 3.63) is 42.0 Å². The Morgan fingerprint density at radius 1 is 1.07 bits per heavy atom. The number of rotatable bonds is 2. The molecule has 15 heavy (non-hydrogen) atoms. The first kappa shape index (κ1) is 9.58. The van der Waals surface area contributed by atoms with Crippen molar-refractivity contribution in [2.24, 2.45) is 0 Å². The van der Waals surface area contributed by atoms with Crippen molar-refractivity contribution < 1.29 is 0 Å². The minimum atomic E-state index is 0.758. The van der Waals surface area contributed by atoms with E-state index in [9.17, 15) is 0 Å². The quantitative estimate of drug-likeness (QED) is 0.807. The van der Waals surface area contributed by atoms with Gasteiger partial charge in [-0.15, -0.1) is 0 Å². The lowest BCUT2D eigenvalue weighted by atomic mass is 10.4. The SMILES string of the molecule is Cc1cc(Nc2ccccn2)nc(C)n1. The average molecular weight is 200 g/mol. The molecule has 0 radical (unpaired) electrons. The first-order valence-corrected chi connectivity index (χ1v) is 4.74. The highest BCUT2D eigenvalue weighted by Crippen LogP contribution is 2.11. The molecule has 0 amide bonds. The Balaban J connectivity index is 2.25. The molecule has 0 spiro atoms. The number of anilines is 2. The molecule has 0 unspecified atom stereocenters. The molecule has 2 aromatic heterocycles. The monoisotopic (exact) mass is 200 g/mol. The van der Waals surface area contributed by atoms with Gasteiger partial charge in [0, 0.05) is 18.0 Å². The molecular weight excluding hydrogens is 188 g/mol. The fraction of sp³-hybridized carbons (Fsp3) is 0.182. The molecule has 0 saturated heterocycles. The summed E-state index contributed by atoms with van der Waals surface area (Å²) in [6, 6.07) is 7.59. The van der Waals surface area contributed by atoms with Gasteiger partial charge in [0.25, 0.3) is 0 Å². The van der Waals surface area contributed by atoms with Gasteiger partial charge in [0.15, 0.2) is 0 Å². The Kier molecular flexibility index (Phi) is 2.58. The third-order valence-corrected chi connectivity index (χ3v) is 1.89. The van der Waals surface area contributed by atoms with Gasteiger partial charge in [0.1, 0.15) is 17.5 Å². The van der Waals surface area contributed by atoms with Gasteiger partial charge in [-0.05, 0) is 26.0 Å². The highest BCUT2D eigenvalue weighted by Gasteiger charge is 1.99. The highest BCUT2D eigenvalue weighted by molar-refractivity contribution is 5.51. The van der Waals surface area contributed by atoms with Crippen molar-refractivity contribution in [1.82, 2.24) is 15.0 Å². The third-order valence-electron chi connectivity index (χ3n) is 1.89. The van der Waals surface area contributed by atoms with Crippen LogP contribution in [0.2, 0.25) is 0 Å². The number of aromatic nitrogens is 3. The molecule has 0 bridgehead atoms. The van der Waals surface area contributed by atoms with Crippen molar-refractivity contribution >= 4 is 11.6 Å². The summed E-state index contributed by atoms with van der Waals surface area (Å²) in [4.78, 5) is 12.6. The fourth-order valence-electron chi connectivity index (χ4n) is 1.35. The van der Waals surface area contributed by atoms with Crippen LogP contribution in [0.3, 0.4) is 0 Å². The summed E-state index contributed by atoms with van der Waals surface area (Å²) < 4.78 is 0. The topological polar surface area (TPSA) is 50.7 Å². The van der Waals surface area contributed by atoms with Crippen molar-refractivity contribution in [3.63, 3.8) is 0 Å². The largest absolute Gasteiger partial charge is 0.325 e. The van der Waals surface area contributed by atoms with Crippen LogP contribution in [0.15, 0.2) is 30.5 Å². The average Bonchev–Trinajstić information content (AvgIpc) is 2.17. The van der Waals surface area contributed by atoms with Crippen LogP contribution in [0, 0.1) is 13.8 Å². The van der Waals surface area contributed by atoms with Crippen molar-refractivity contribution in [1.29, 1.82) is 0 Å². The normalized spacial score (nSPS) is 10.0. The standard InChI is InChI=1S/C11H12N4/c1-8-7-11(14-9(2)13-8)15-10-5-3-4-6-12-10/h3-7H,1-2H3,(H,12,13,14,15). The van der Waals surface area contributed by atoms with Crippen LogP contribution < -0.4 is 5.32 Å². The summed E-state index contributed by atoms with van der Waals surface area (Å²) in [5.41, 5.74) is 0.945. The molecule has 0 aliphatic rings. The zero-order chi connectivity index (χ0) is 10.7. The summed E-state index contributed by atoms with van der Waals surface area (Å²) >= 11 is 0. The van der Waals surface area contributed by atoms with Gasteiger partial charge in [-0.3, -0.25) is 0 Å². The number of hydrogen-bond acceptors (Lipinski definition) is 4. The molecule has 0 fully saturated rings. The molecular formula is C11H12N4. The number of nitrogens with zero attached hydrogens (tertiary/aromatic N) is 3. The maximum absolute atomic E-state index is 4.27. The zero-order valence-electron chi connectivity index (χ0n) is 8.73. The lowest BCUT2D eigenvalue weighted by molar-refractivity contribution is 1.01. The second-order valence-corrected chi connectivity index (χ2v) is 3.28. The van der Waals surface area contributed by atoms with Crippen LogP contribution in [0.1, 0.15) is 11.5 Å². The molecule has 2 aromatic rings. The molecule has 76 valence electrons. The van der Waals surface area contributed by atoms with E-state index in [1.54, 1.807) is 6.20 Å². The Labute approximate surface area is 88.4 Å². The first-order valence-electron chi connectivity index (χ1n) is 4.74. The van der Waals surface area contributed by atoms with Crippen LogP contribution in [-0.2, 0) is 0 Å². The number of pyridine rings is 1. The summed E-state index contributed by atoms with van der Waals surface area (Å²) in [5.74, 6) is 2.32. The molecule has 0 saturated carbocycles. The van der Waals surface area contributed by atoms with Gasteiger partial charge in [-0.25, -0.2) is 15.0 Å². The van der Waals surface area contributed by atoms with Crippen LogP contribution in [-0.4, -0.2) is 15.0 Å². The summed E-state index contributed by atoms with van der Waals surface area (Å²) in [6.45, 7) is 3.81. The van der Waals surface area contributed by atoms with E-state index in [-0.39, 0.29) is 0 Å². The van der Waals surface area contributed by atoms with E-state index in [1.807, 2.05) is 38.1 Å².